The van der Waals surface area contributed by atoms with Gasteiger partial charge in [0.15, 0.2) is 5.69 Å². The van der Waals surface area contributed by atoms with Gasteiger partial charge in [-0.2, -0.15) is 9.83 Å². The van der Waals surface area contributed by atoms with Gasteiger partial charge in [0, 0.05) is 36.7 Å². The standard InChI is InChI=1S/C25H32N4O4/c1-5-33-23-14-20-17(13-21(23)26-24(30)22-8-6-7-16(2)29(22)32)15-28(27-20)19-11-9-18(10-12-19)25(3,4)31/h6-8,13-15,18-19,31H,5,9-12H2,1-4H3,(H,26,30). The van der Waals surface area contributed by atoms with Gasteiger partial charge in [-0.3, -0.25) is 9.48 Å². The molecule has 2 heterocycles. The Kier molecular flexibility index (Phi) is 6.30. The molecule has 1 fully saturated rings. The van der Waals surface area contributed by atoms with E-state index < -0.39 is 11.5 Å². The van der Waals surface area contributed by atoms with Crippen LogP contribution in [0.1, 0.15) is 68.7 Å². The van der Waals surface area contributed by atoms with Gasteiger partial charge in [-0.25, -0.2) is 0 Å². The number of fused-ring (bicyclic) bond motifs is 1. The Balaban J connectivity index is 1.59. The molecule has 1 aliphatic rings. The van der Waals surface area contributed by atoms with Crippen LogP contribution in [0.5, 0.6) is 5.75 Å². The maximum absolute atomic E-state index is 12.8. The summed E-state index contributed by atoms with van der Waals surface area (Å²) in [6, 6.07) is 8.78. The predicted molar refractivity (Wildman–Crippen MR) is 126 cm³/mol. The summed E-state index contributed by atoms with van der Waals surface area (Å²) in [4.78, 5) is 12.8. The van der Waals surface area contributed by atoms with Gasteiger partial charge < -0.3 is 20.4 Å². The monoisotopic (exact) mass is 452 g/mol. The fourth-order valence-electron chi connectivity index (χ4n) is 4.64. The lowest BCUT2D eigenvalue weighted by atomic mass is 9.77. The Morgan fingerprint density at radius 1 is 1.30 bits per heavy atom. The van der Waals surface area contributed by atoms with E-state index in [9.17, 15) is 15.1 Å². The third-order valence-corrected chi connectivity index (χ3v) is 6.60. The molecular formula is C25H32N4O4. The van der Waals surface area contributed by atoms with Crippen molar-refractivity contribution >= 4 is 22.5 Å². The van der Waals surface area contributed by atoms with E-state index in [1.807, 2.05) is 43.8 Å². The molecule has 0 radical (unpaired) electrons. The van der Waals surface area contributed by atoms with E-state index in [0.29, 0.717) is 34.4 Å². The van der Waals surface area contributed by atoms with Crippen LogP contribution < -0.4 is 14.8 Å². The molecule has 2 aromatic heterocycles. The maximum Gasteiger partial charge on any atom is 0.321 e. The molecule has 0 bridgehead atoms. The summed E-state index contributed by atoms with van der Waals surface area (Å²) in [5.74, 6) is 0.321. The van der Waals surface area contributed by atoms with Gasteiger partial charge >= 0.3 is 5.91 Å². The molecule has 0 unspecified atom stereocenters. The number of aliphatic hydroxyl groups is 1. The van der Waals surface area contributed by atoms with Crippen molar-refractivity contribution in [3.8, 4) is 5.75 Å². The summed E-state index contributed by atoms with van der Waals surface area (Å²) in [7, 11) is 0. The van der Waals surface area contributed by atoms with Crippen molar-refractivity contribution in [1.82, 2.24) is 9.78 Å². The number of carbonyl (C=O) groups excluding carboxylic acids is 1. The van der Waals surface area contributed by atoms with Crippen LogP contribution in [0.15, 0.2) is 36.5 Å². The number of nitrogens with zero attached hydrogens (tertiary/aromatic N) is 3. The highest BCUT2D eigenvalue weighted by Gasteiger charge is 2.32. The third-order valence-electron chi connectivity index (χ3n) is 6.60. The molecule has 0 aliphatic heterocycles. The summed E-state index contributed by atoms with van der Waals surface area (Å²) >= 11 is 0. The first kappa shape index (κ1) is 23.0. The molecule has 1 aliphatic carbocycles. The highest BCUT2D eigenvalue weighted by Crippen LogP contribution is 2.38. The Bertz CT molecular complexity index is 1160. The number of carbonyl (C=O) groups is 1. The first-order valence-corrected chi connectivity index (χ1v) is 11.6. The summed E-state index contributed by atoms with van der Waals surface area (Å²) in [6.07, 6.45) is 5.84. The van der Waals surface area contributed by atoms with Crippen LogP contribution in [-0.4, -0.2) is 33.0 Å². The molecule has 176 valence electrons. The average Bonchev–Trinajstić information content (AvgIpc) is 3.18. The maximum atomic E-state index is 12.8. The molecule has 1 aromatic carbocycles. The van der Waals surface area contributed by atoms with Crippen LogP contribution in [-0.2, 0) is 0 Å². The molecule has 1 saturated carbocycles. The molecule has 33 heavy (non-hydrogen) atoms. The van der Waals surface area contributed by atoms with Gasteiger partial charge in [0.25, 0.3) is 5.69 Å². The quantitative estimate of drug-likeness (QED) is 0.432. The molecule has 0 spiro atoms. The van der Waals surface area contributed by atoms with Crippen LogP contribution in [0.4, 0.5) is 5.69 Å². The molecule has 0 saturated heterocycles. The fraction of sp³-hybridized carbons (Fsp3) is 0.480. The van der Waals surface area contributed by atoms with Gasteiger partial charge in [-0.15, -0.1) is 0 Å². The molecule has 0 atom stereocenters. The van der Waals surface area contributed by atoms with Crippen molar-refractivity contribution in [2.24, 2.45) is 5.92 Å². The van der Waals surface area contributed by atoms with Crippen molar-refractivity contribution < 1.29 is 19.4 Å². The number of benzene rings is 1. The molecule has 1 amide bonds. The Morgan fingerprint density at radius 3 is 2.70 bits per heavy atom. The number of hydrogen-bond acceptors (Lipinski definition) is 5. The largest absolute Gasteiger partial charge is 0.618 e. The first-order valence-electron chi connectivity index (χ1n) is 11.6. The highest BCUT2D eigenvalue weighted by atomic mass is 16.5. The van der Waals surface area contributed by atoms with E-state index in [0.717, 1.165) is 36.6 Å². The van der Waals surface area contributed by atoms with Gasteiger partial charge in [0.05, 0.1) is 29.5 Å². The van der Waals surface area contributed by atoms with E-state index in [4.69, 9.17) is 9.84 Å². The number of rotatable bonds is 6. The number of hydrogen-bond donors (Lipinski definition) is 2. The Labute approximate surface area is 193 Å². The van der Waals surface area contributed by atoms with Crippen LogP contribution in [0.2, 0.25) is 0 Å². The second-order valence-electron chi connectivity index (χ2n) is 9.41. The summed E-state index contributed by atoms with van der Waals surface area (Å²) in [5.41, 5.74) is 1.11. The minimum absolute atomic E-state index is 0.0248. The van der Waals surface area contributed by atoms with Crippen molar-refractivity contribution in [2.75, 3.05) is 11.9 Å². The number of ether oxygens (including phenoxy) is 1. The van der Waals surface area contributed by atoms with Crippen LogP contribution in [0.25, 0.3) is 10.9 Å². The van der Waals surface area contributed by atoms with E-state index in [2.05, 4.69) is 5.32 Å². The lowest BCUT2D eigenvalue weighted by molar-refractivity contribution is -0.614. The number of pyridine rings is 1. The van der Waals surface area contributed by atoms with E-state index >= 15 is 0 Å². The molecular weight excluding hydrogens is 420 g/mol. The lowest BCUT2D eigenvalue weighted by Crippen LogP contribution is -2.39. The lowest BCUT2D eigenvalue weighted by Gasteiger charge is -2.35. The zero-order valence-electron chi connectivity index (χ0n) is 19.7. The SMILES string of the molecule is CCOc1cc2nn(C3CCC(C(C)(C)O)CC3)cc2cc1NC(=O)c1cccc(C)[n+]1[O-]. The van der Waals surface area contributed by atoms with Crippen molar-refractivity contribution in [2.45, 2.75) is 65.0 Å². The van der Waals surface area contributed by atoms with Crippen LogP contribution in [0, 0.1) is 18.0 Å². The van der Waals surface area contributed by atoms with E-state index in [1.165, 1.54) is 6.07 Å². The predicted octanol–water partition coefficient (Wildman–Crippen LogP) is 4.13. The highest BCUT2D eigenvalue weighted by molar-refractivity contribution is 6.04. The number of nitrogens with one attached hydrogen (secondary N) is 1. The van der Waals surface area contributed by atoms with Crippen LogP contribution in [0.3, 0.4) is 0 Å². The second-order valence-corrected chi connectivity index (χ2v) is 9.41. The molecule has 2 N–H and O–H groups in total. The summed E-state index contributed by atoms with van der Waals surface area (Å²) in [6.45, 7) is 7.74. The molecule has 8 heteroatoms. The van der Waals surface area contributed by atoms with Crippen molar-refractivity contribution in [3.63, 3.8) is 0 Å². The number of anilines is 1. The minimum Gasteiger partial charge on any atom is -0.618 e. The van der Waals surface area contributed by atoms with E-state index in [-0.39, 0.29) is 11.7 Å². The van der Waals surface area contributed by atoms with Crippen molar-refractivity contribution in [1.29, 1.82) is 0 Å². The summed E-state index contributed by atoms with van der Waals surface area (Å²) in [5, 5.41) is 31.1. The first-order chi connectivity index (χ1) is 15.7. The van der Waals surface area contributed by atoms with Crippen molar-refractivity contribution in [3.05, 3.63) is 53.1 Å². The zero-order chi connectivity index (χ0) is 23.8. The van der Waals surface area contributed by atoms with Gasteiger partial charge in [-0.05, 0) is 64.5 Å². The Morgan fingerprint density at radius 2 is 2.03 bits per heavy atom. The molecule has 3 aromatic rings. The topological polar surface area (TPSA) is 103 Å². The second kappa shape index (κ2) is 9.02. The smallest absolute Gasteiger partial charge is 0.321 e. The van der Waals surface area contributed by atoms with E-state index in [1.54, 1.807) is 19.1 Å². The average molecular weight is 453 g/mol. The number of amides is 1. The minimum atomic E-state index is -0.654. The zero-order valence-corrected chi connectivity index (χ0v) is 19.7. The van der Waals surface area contributed by atoms with Gasteiger partial charge in [-0.1, -0.05) is 0 Å². The number of aryl methyl sites for hydroxylation is 1. The fourth-order valence-corrected chi connectivity index (χ4v) is 4.64. The summed E-state index contributed by atoms with van der Waals surface area (Å²) < 4.78 is 8.39. The molecule has 4 rings (SSSR count). The molecule has 8 nitrogen and oxygen atoms in total. The normalized spacial score (nSPS) is 18.9. The van der Waals surface area contributed by atoms with Crippen LogP contribution >= 0.6 is 0 Å². The van der Waals surface area contributed by atoms with Gasteiger partial charge in [0.2, 0.25) is 0 Å². The van der Waals surface area contributed by atoms with Gasteiger partial charge in [0.1, 0.15) is 5.75 Å². The third kappa shape index (κ3) is 4.80. The number of aromatic nitrogens is 3. The Hall–Kier alpha value is -3.13.